The quantitative estimate of drug-likeness (QED) is 0.448. The molecule has 0 aromatic heterocycles. The zero-order valence-electron chi connectivity index (χ0n) is 8.58. The molecule has 0 heterocycles. The molecule has 0 saturated carbocycles. The van der Waals surface area contributed by atoms with E-state index in [-0.39, 0.29) is 11.5 Å². The summed E-state index contributed by atoms with van der Waals surface area (Å²) in [6.45, 7) is 1.90. The summed E-state index contributed by atoms with van der Waals surface area (Å²) in [5.74, 6) is -0.359. The van der Waals surface area contributed by atoms with Crippen LogP contribution in [-0.2, 0) is 0 Å². The van der Waals surface area contributed by atoms with E-state index in [0.29, 0.717) is 0 Å². The van der Waals surface area contributed by atoms with Crippen LogP contribution in [0.5, 0.6) is 0 Å². The van der Waals surface area contributed by atoms with Crippen LogP contribution in [0.25, 0.3) is 0 Å². The van der Waals surface area contributed by atoms with Gasteiger partial charge < -0.3 is 5.73 Å². The third kappa shape index (κ3) is 2.81. The van der Waals surface area contributed by atoms with Gasteiger partial charge in [-0.25, -0.2) is 0 Å². The Labute approximate surface area is 102 Å². The van der Waals surface area contributed by atoms with Crippen molar-refractivity contribution in [2.24, 2.45) is 10.8 Å². The van der Waals surface area contributed by atoms with Crippen molar-refractivity contribution in [3.63, 3.8) is 0 Å². The molecule has 0 aliphatic carbocycles. The van der Waals surface area contributed by atoms with Crippen molar-refractivity contribution in [3.05, 3.63) is 28.2 Å². The van der Waals surface area contributed by atoms with Crippen LogP contribution >= 0.6 is 15.9 Å². The fourth-order valence-electron chi connectivity index (χ4n) is 0.990. The Balaban J connectivity index is 2.95. The largest absolute Gasteiger partial charge is 0.382 e. The number of rotatable bonds is 3. The standard InChI is InChI=1S/C10H10BrN5/c1-6-7(11)3-2-4-8(6)15-16-9(5-12)10(13)14/h2-4,15H,1H3,(H3,13,14)/b16-9+. The molecule has 0 aliphatic heterocycles. The molecule has 6 heteroatoms. The highest BCUT2D eigenvalue weighted by atomic mass is 79.9. The van der Waals surface area contributed by atoms with Gasteiger partial charge in [-0.05, 0) is 24.6 Å². The van der Waals surface area contributed by atoms with Gasteiger partial charge in [0.05, 0.1) is 5.69 Å². The lowest BCUT2D eigenvalue weighted by molar-refractivity contribution is 1.29. The van der Waals surface area contributed by atoms with Crippen molar-refractivity contribution in [1.29, 1.82) is 10.7 Å². The van der Waals surface area contributed by atoms with Crippen molar-refractivity contribution >= 4 is 33.2 Å². The van der Waals surface area contributed by atoms with E-state index in [1.807, 2.05) is 25.1 Å². The molecule has 0 atom stereocenters. The molecule has 0 amide bonds. The number of nitrogens with zero attached hydrogens (tertiary/aromatic N) is 2. The Bertz CT molecular complexity index is 486. The van der Waals surface area contributed by atoms with Gasteiger partial charge in [-0.2, -0.15) is 10.4 Å². The third-order valence-electron chi connectivity index (χ3n) is 1.92. The summed E-state index contributed by atoms with van der Waals surface area (Å²) in [6, 6.07) is 7.30. The number of hydrogen-bond acceptors (Lipinski definition) is 4. The van der Waals surface area contributed by atoms with Gasteiger partial charge in [0.2, 0.25) is 5.71 Å². The molecule has 0 unspecified atom stereocenters. The van der Waals surface area contributed by atoms with Crippen molar-refractivity contribution in [1.82, 2.24) is 0 Å². The lowest BCUT2D eigenvalue weighted by Gasteiger charge is -2.06. The number of nitrogens with one attached hydrogen (secondary N) is 2. The second-order valence-electron chi connectivity index (χ2n) is 3.01. The lowest BCUT2D eigenvalue weighted by Crippen LogP contribution is -2.21. The fraction of sp³-hybridized carbons (Fsp3) is 0.100. The number of hydrogen-bond donors (Lipinski definition) is 3. The summed E-state index contributed by atoms with van der Waals surface area (Å²) in [6.07, 6.45) is 0. The molecule has 0 saturated heterocycles. The first-order chi connectivity index (χ1) is 7.56. The molecular weight excluding hydrogens is 270 g/mol. The number of halogens is 1. The molecule has 82 valence electrons. The predicted octanol–water partition coefficient (Wildman–Crippen LogP) is 1.98. The van der Waals surface area contributed by atoms with Crippen molar-refractivity contribution in [2.45, 2.75) is 6.92 Å². The van der Waals surface area contributed by atoms with E-state index in [0.717, 1.165) is 15.7 Å². The molecule has 4 N–H and O–H groups in total. The van der Waals surface area contributed by atoms with E-state index in [9.17, 15) is 0 Å². The lowest BCUT2D eigenvalue weighted by atomic mass is 10.2. The van der Waals surface area contributed by atoms with Crippen molar-refractivity contribution in [3.8, 4) is 6.07 Å². The molecule has 0 bridgehead atoms. The molecular formula is C10H10BrN5. The summed E-state index contributed by atoms with van der Waals surface area (Å²) in [5, 5.41) is 19.5. The third-order valence-corrected chi connectivity index (χ3v) is 2.78. The summed E-state index contributed by atoms with van der Waals surface area (Å²) in [7, 11) is 0. The molecule has 0 aliphatic rings. The minimum absolute atomic E-state index is 0.139. The van der Waals surface area contributed by atoms with Crippen LogP contribution < -0.4 is 11.2 Å². The molecule has 1 rings (SSSR count). The maximum Gasteiger partial charge on any atom is 0.201 e. The number of anilines is 1. The zero-order valence-corrected chi connectivity index (χ0v) is 10.2. The Kier molecular flexibility index (Phi) is 4.03. The van der Waals surface area contributed by atoms with E-state index < -0.39 is 0 Å². The molecule has 1 aromatic rings. The summed E-state index contributed by atoms with van der Waals surface area (Å²) >= 11 is 3.38. The smallest absolute Gasteiger partial charge is 0.201 e. The SMILES string of the molecule is Cc1c(Br)cccc1N/N=C(\C#N)C(=N)N. The van der Waals surface area contributed by atoms with Crippen LogP contribution in [0.1, 0.15) is 5.56 Å². The Morgan fingerprint density at radius 3 is 2.88 bits per heavy atom. The van der Waals surface area contributed by atoms with E-state index in [1.165, 1.54) is 0 Å². The van der Waals surface area contributed by atoms with Gasteiger partial charge in [0.1, 0.15) is 6.07 Å². The first-order valence-electron chi connectivity index (χ1n) is 4.39. The highest BCUT2D eigenvalue weighted by molar-refractivity contribution is 9.10. The first-order valence-corrected chi connectivity index (χ1v) is 5.19. The predicted molar refractivity (Wildman–Crippen MR) is 67.5 cm³/mol. The monoisotopic (exact) mass is 279 g/mol. The van der Waals surface area contributed by atoms with Gasteiger partial charge in [-0.3, -0.25) is 10.8 Å². The fourth-order valence-corrected chi connectivity index (χ4v) is 1.36. The first kappa shape index (κ1) is 12.2. The second-order valence-corrected chi connectivity index (χ2v) is 3.86. The van der Waals surface area contributed by atoms with Crippen molar-refractivity contribution in [2.75, 3.05) is 5.43 Å². The van der Waals surface area contributed by atoms with Crippen LogP contribution in [-0.4, -0.2) is 11.5 Å². The van der Waals surface area contributed by atoms with Crippen molar-refractivity contribution < 1.29 is 0 Å². The number of amidine groups is 1. The summed E-state index contributed by atoms with van der Waals surface area (Å²) in [4.78, 5) is 0. The highest BCUT2D eigenvalue weighted by Crippen LogP contribution is 2.23. The topological polar surface area (TPSA) is 98.0 Å². The van der Waals surface area contributed by atoms with Crippen LogP contribution in [0, 0.1) is 23.7 Å². The number of hydrazone groups is 1. The van der Waals surface area contributed by atoms with Gasteiger partial charge in [-0.1, -0.05) is 22.0 Å². The summed E-state index contributed by atoms with van der Waals surface area (Å²) < 4.78 is 0.939. The Morgan fingerprint density at radius 1 is 1.62 bits per heavy atom. The van der Waals surface area contributed by atoms with Gasteiger partial charge in [0.15, 0.2) is 5.84 Å². The number of nitriles is 1. The molecule has 0 radical (unpaired) electrons. The zero-order chi connectivity index (χ0) is 12.1. The van der Waals surface area contributed by atoms with E-state index >= 15 is 0 Å². The van der Waals surface area contributed by atoms with E-state index in [4.69, 9.17) is 16.4 Å². The second kappa shape index (κ2) is 5.28. The Morgan fingerprint density at radius 2 is 2.31 bits per heavy atom. The average molecular weight is 280 g/mol. The van der Waals surface area contributed by atoms with E-state index in [1.54, 1.807) is 6.07 Å². The molecule has 1 aromatic carbocycles. The molecule has 16 heavy (non-hydrogen) atoms. The van der Waals surface area contributed by atoms with Crippen LogP contribution in [0.2, 0.25) is 0 Å². The van der Waals surface area contributed by atoms with Gasteiger partial charge >= 0.3 is 0 Å². The van der Waals surface area contributed by atoms with Gasteiger partial charge in [0, 0.05) is 4.47 Å². The maximum atomic E-state index is 8.65. The minimum atomic E-state index is -0.359. The molecule has 0 spiro atoms. The molecule has 0 fully saturated rings. The minimum Gasteiger partial charge on any atom is -0.382 e. The Hall–Kier alpha value is -1.87. The van der Waals surface area contributed by atoms with Crippen LogP contribution in [0.15, 0.2) is 27.8 Å². The van der Waals surface area contributed by atoms with Crippen LogP contribution in [0.3, 0.4) is 0 Å². The normalized spacial score (nSPS) is 10.7. The average Bonchev–Trinajstić information content (AvgIpc) is 2.24. The highest BCUT2D eigenvalue weighted by Gasteiger charge is 2.03. The van der Waals surface area contributed by atoms with Gasteiger partial charge in [-0.15, -0.1) is 0 Å². The number of benzene rings is 1. The maximum absolute atomic E-state index is 8.65. The number of nitrogens with two attached hydrogens (primary N) is 1. The molecule has 5 nitrogen and oxygen atoms in total. The van der Waals surface area contributed by atoms with Gasteiger partial charge in [0.25, 0.3) is 0 Å². The summed E-state index contributed by atoms with van der Waals surface area (Å²) in [5.41, 5.74) is 9.44. The van der Waals surface area contributed by atoms with Crippen LogP contribution in [0.4, 0.5) is 5.69 Å². The van der Waals surface area contributed by atoms with E-state index in [2.05, 4.69) is 26.5 Å².